The van der Waals surface area contributed by atoms with Gasteiger partial charge in [0.2, 0.25) is 0 Å². The van der Waals surface area contributed by atoms with Crippen LogP contribution in [0.2, 0.25) is 0 Å². The van der Waals surface area contributed by atoms with Gasteiger partial charge in [0, 0.05) is 26.5 Å². The maximum atomic E-state index is 11.9. The first kappa shape index (κ1) is 25.2. The number of esters is 4. The molecule has 0 bridgehead atoms. The lowest BCUT2D eigenvalue weighted by atomic mass is 10.00. The smallest absolute Gasteiger partial charge is 0.307 e. The average Bonchev–Trinajstić information content (AvgIpc) is 2.51. The average molecular weight is 435 g/mol. The molecule has 0 N–H and O–H groups in total. The summed E-state index contributed by atoms with van der Waals surface area (Å²) in [6, 6.07) is 0. The Bertz CT molecular complexity index is 613. The summed E-state index contributed by atoms with van der Waals surface area (Å²) >= 11 is 1.23. The Kier molecular flexibility index (Phi) is 9.41. The van der Waals surface area contributed by atoms with Crippen LogP contribution in [0.15, 0.2) is 0 Å². The Morgan fingerprint density at radius 2 is 1.34 bits per heavy atom. The van der Waals surface area contributed by atoms with Crippen LogP contribution in [0.3, 0.4) is 0 Å². The second-order valence-corrected chi connectivity index (χ2v) is 8.85. The van der Waals surface area contributed by atoms with Gasteiger partial charge in [-0.15, -0.1) is 11.8 Å². The van der Waals surface area contributed by atoms with E-state index in [0.717, 1.165) is 0 Å². The minimum Gasteiger partial charge on any atom is -0.460 e. The summed E-state index contributed by atoms with van der Waals surface area (Å²) < 4.78 is 27.1. The van der Waals surface area contributed by atoms with E-state index in [9.17, 15) is 19.2 Å². The quantitative estimate of drug-likeness (QED) is 0.435. The van der Waals surface area contributed by atoms with Crippen LogP contribution >= 0.6 is 11.8 Å². The topological polar surface area (TPSA) is 114 Å². The lowest BCUT2D eigenvalue weighted by molar-refractivity contribution is -0.229. The lowest BCUT2D eigenvalue weighted by Gasteiger charge is -2.43. The van der Waals surface area contributed by atoms with Crippen LogP contribution in [0.5, 0.6) is 0 Å². The van der Waals surface area contributed by atoms with Crippen LogP contribution in [0.25, 0.3) is 0 Å². The predicted octanol–water partition coefficient (Wildman–Crippen LogP) is 1.99. The first-order valence-corrected chi connectivity index (χ1v) is 10.4. The van der Waals surface area contributed by atoms with E-state index < -0.39 is 53.4 Å². The van der Waals surface area contributed by atoms with Gasteiger partial charge in [-0.2, -0.15) is 0 Å². The summed E-state index contributed by atoms with van der Waals surface area (Å²) in [6.45, 7) is 10.6. The van der Waals surface area contributed by atoms with Crippen molar-refractivity contribution in [2.24, 2.45) is 0 Å². The van der Waals surface area contributed by atoms with Crippen LogP contribution in [0.4, 0.5) is 0 Å². The Labute approximate surface area is 175 Å². The van der Waals surface area contributed by atoms with Crippen LogP contribution in [0, 0.1) is 0 Å². The second-order valence-electron chi connectivity index (χ2n) is 7.64. The van der Waals surface area contributed by atoms with E-state index in [2.05, 4.69) is 0 Å². The minimum atomic E-state index is -1.04. The molecule has 1 aliphatic rings. The molecule has 9 nitrogen and oxygen atoms in total. The fourth-order valence-electron chi connectivity index (χ4n) is 2.75. The number of hydrogen-bond acceptors (Lipinski definition) is 10. The van der Waals surface area contributed by atoms with Crippen LogP contribution in [-0.2, 0) is 42.9 Å². The second kappa shape index (κ2) is 10.8. The third-order valence-electron chi connectivity index (χ3n) is 3.64. The molecule has 0 aromatic carbocycles. The van der Waals surface area contributed by atoms with Gasteiger partial charge in [0.15, 0.2) is 18.3 Å². The van der Waals surface area contributed by atoms with Crippen molar-refractivity contribution in [2.45, 2.75) is 90.3 Å². The molecule has 0 aromatic rings. The van der Waals surface area contributed by atoms with Gasteiger partial charge < -0.3 is 23.7 Å². The largest absolute Gasteiger partial charge is 0.460 e. The molecule has 5 atom stereocenters. The van der Waals surface area contributed by atoms with Crippen molar-refractivity contribution in [3.63, 3.8) is 0 Å². The Balaban J connectivity index is 2.94. The summed E-state index contributed by atoms with van der Waals surface area (Å²) in [5, 5.41) is 0. The summed E-state index contributed by atoms with van der Waals surface area (Å²) in [6.07, 6.45) is -3.50. The first-order chi connectivity index (χ1) is 13.3. The highest BCUT2D eigenvalue weighted by molar-refractivity contribution is 7.99. The molecule has 1 rings (SSSR count). The maximum Gasteiger partial charge on any atom is 0.307 e. The fourth-order valence-corrected chi connectivity index (χ4v) is 3.93. The van der Waals surface area contributed by atoms with Crippen molar-refractivity contribution in [1.82, 2.24) is 0 Å². The van der Waals surface area contributed by atoms with E-state index in [1.165, 1.54) is 32.5 Å². The molecule has 10 heteroatoms. The van der Waals surface area contributed by atoms with E-state index in [0.29, 0.717) is 5.75 Å². The van der Waals surface area contributed by atoms with Crippen LogP contribution in [-0.4, -0.2) is 65.1 Å². The van der Waals surface area contributed by atoms with Crippen molar-refractivity contribution in [1.29, 1.82) is 0 Å². The van der Waals surface area contributed by atoms with E-state index in [-0.39, 0.29) is 12.4 Å². The molecule has 0 radical (unpaired) electrons. The summed E-state index contributed by atoms with van der Waals surface area (Å²) in [7, 11) is 0. The summed E-state index contributed by atoms with van der Waals surface area (Å²) in [4.78, 5) is 46.6. The normalized spacial score (nSPS) is 26.9. The van der Waals surface area contributed by atoms with Crippen LogP contribution in [0.1, 0.15) is 54.9 Å². The summed E-state index contributed by atoms with van der Waals surface area (Å²) in [5.74, 6) is -1.84. The zero-order valence-electron chi connectivity index (χ0n) is 17.9. The summed E-state index contributed by atoms with van der Waals surface area (Å²) in [5.41, 5.74) is -1.32. The number of carbonyl (C=O) groups excluding carboxylic acids is 4. The highest BCUT2D eigenvalue weighted by Crippen LogP contribution is 2.34. The van der Waals surface area contributed by atoms with Gasteiger partial charge in [-0.3, -0.25) is 19.2 Å². The molecule has 0 unspecified atom stereocenters. The molecular weight excluding hydrogens is 404 g/mol. The van der Waals surface area contributed by atoms with Crippen LogP contribution < -0.4 is 0 Å². The van der Waals surface area contributed by atoms with Gasteiger partial charge in [-0.25, -0.2) is 0 Å². The Morgan fingerprint density at radius 1 is 0.862 bits per heavy atom. The monoisotopic (exact) mass is 434 g/mol. The van der Waals surface area contributed by atoms with Crippen molar-refractivity contribution in [2.75, 3.05) is 5.75 Å². The third-order valence-corrected chi connectivity index (χ3v) is 4.79. The zero-order valence-corrected chi connectivity index (χ0v) is 18.7. The standard InChI is InChI=1S/C19H30O9S/c1-10-15(25-11(2)20)16(26-12(3)21)17(27-13(4)22)18(24-10)29-9-8-14(23)28-19(5,6)7/h10,15-18H,8-9H2,1-7H3/t10-,15+,16+,17-,18-/m0/s1. The van der Waals surface area contributed by atoms with E-state index in [1.54, 1.807) is 27.7 Å². The van der Waals surface area contributed by atoms with E-state index in [4.69, 9.17) is 23.7 Å². The molecule has 1 fully saturated rings. The number of thioether (sulfide) groups is 1. The number of ether oxygens (including phenoxy) is 5. The SMILES string of the molecule is CC(=O)O[C@@H]1[C@H](OC(C)=O)[C@H](C)O[C@@H](SCCC(=O)OC(C)(C)C)[C@H]1OC(C)=O. The molecule has 1 saturated heterocycles. The highest BCUT2D eigenvalue weighted by atomic mass is 32.2. The molecule has 29 heavy (non-hydrogen) atoms. The van der Waals surface area contributed by atoms with Crippen molar-refractivity contribution < 1.29 is 42.9 Å². The van der Waals surface area contributed by atoms with Crippen molar-refractivity contribution >= 4 is 35.6 Å². The van der Waals surface area contributed by atoms with Crippen molar-refractivity contribution in [3.05, 3.63) is 0 Å². The van der Waals surface area contributed by atoms with Crippen molar-refractivity contribution in [3.8, 4) is 0 Å². The molecule has 1 heterocycles. The lowest BCUT2D eigenvalue weighted by Crippen LogP contribution is -2.59. The number of hydrogen-bond donors (Lipinski definition) is 0. The van der Waals surface area contributed by atoms with Gasteiger partial charge >= 0.3 is 23.9 Å². The van der Waals surface area contributed by atoms with Gasteiger partial charge in [-0.05, 0) is 27.7 Å². The van der Waals surface area contributed by atoms with E-state index in [1.807, 2.05) is 0 Å². The predicted molar refractivity (Wildman–Crippen MR) is 104 cm³/mol. The van der Waals surface area contributed by atoms with Gasteiger partial charge in [-0.1, -0.05) is 0 Å². The van der Waals surface area contributed by atoms with Gasteiger partial charge in [0.1, 0.15) is 11.0 Å². The molecule has 0 aromatic heterocycles. The molecule has 0 saturated carbocycles. The zero-order chi connectivity index (χ0) is 22.4. The van der Waals surface area contributed by atoms with Gasteiger partial charge in [0.25, 0.3) is 0 Å². The molecule has 0 aliphatic carbocycles. The number of rotatable bonds is 7. The molecule has 0 spiro atoms. The third kappa shape index (κ3) is 9.03. The molecular formula is C19H30O9S. The van der Waals surface area contributed by atoms with Gasteiger partial charge in [0.05, 0.1) is 12.5 Å². The highest BCUT2D eigenvalue weighted by Gasteiger charge is 2.50. The molecule has 0 amide bonds. The molecule has 1 aliphatic heterocycles. The molecule has 166 valence electrons. The number of carbonyl (C=O) groups is 4. The van der Waals surface area contributed by atoms with E-state index >= 15 is 0 Å². The Morgan fingerprint density at radius 3 is 1.83 bits per heavy atom. The maximum absolute atomic E-state index is 11.9. The minimum absolute atomic E-state index is 0.120. The fraction of sp³-hybridized carbons (Fsp3) is 0.789. The first-order valence-electron chi connectivity index (χ1n) is 9.30. The Hall–Kier alpha value is -1.81.